The van der Waals surface area contributed by atoms with Crippen LogP contribution in [0.5, 0.6) is 0 Å². The van der Waals surface area contributed by atoms with E-state index in [0.717, 1.165) is 10.6 Å². The van der Waals surface area contributed by atoms with Gasteiger partial charge in [0.2, 0.25) is 0 Å². The van der Waals surface area contributed by atoms with Crippen molar-refractivity contribution in [1.82, 2.24) is 5.32 Å². The van der Waals surface area contributed by atoms with Crippen LogP contribution in [0.1, 0.15) is 5.56 Å². The van der Waals surface area contributed by atoms with Gasteiger partial charge in [0.05, 0.1) is 0 Å². The maximum atomic E-state index is 5.84. The van der Waals surface area contributed by atoms with Gasteiger partial charge in [0, 0.05) is 18.6 Å². The second-order valence-corrected chi connectivity index (χ2v) is 2.47. The lowest BCUT2D eigenvalue weighted by Gasteiger charge is -1.99. The minimum absolute atomic E-state index is 0.708. The Morgan fingerprint density at radius 2 is 2.10 bits per heavy atom. The van der Waals surface area contributed by atoms with Crippen molar-refractivity contribution in [1.29, 1.82) is 0 Å². The third-order valence-electron chi connectivity index (χ3n) is 1.29. The lowest BCUT2D eigenvalue weighted by atomic mass is 10.2. The Balaban J connectivity index is 2.81. The lowest BCUT2D eigenvalue weighted by Crippen LogP contribution is -1.96. The van der Waals surface area contributed by atoms with E-state index in [2.05, 4.69) is 5.32 Å². The molecule has 0 aliphatic carbocycles. The summed E-state index contributed by atoms with van der Waals surface area (Å²) in [5.41, 5.74) is 1.09. The Morgan fingerprint density at radius 3 is 2.70 bits per heavy atom. The van der Waals surface area contributed by atoms with Crippen molar-refractivity contribution in [3.63, 3.8) is 0 Å². The van der Waals surface area contributed by atoms with Crippen LogP contribution in [-0.2, 0) is 6.54 Å². The predicted octanol–water partition coefficient (Wildman–Crippen LogP) is 2.07. The minimum atomic E-state index is 0.708. The number of nitrogens with zero attached hydrogens (tertiary/aromatic N) is 1. The molecule has 0 saturated heterocycles. The second kappa shape index (κ2) is 3.59. The van der Waals surface area contributed by atoms with E-state index in [1.807, 2.05) is 24.3 Å². The molecule has 0 aromatic heterocycles. The summed E-state index contributed by atoms with van der Waals surface area (Å²) in [6.07, 6.45) is 0. The highest BCUT2D eigenvalue weighted by atomic mass is 35.5. The number of halogens is 1. The van der Waals surface area contributed by atoms with Crippen LogP contribution in [0, 0.1) is 0 Å². The van der Waals surface area contributed by atoms with Crippen LogP contribution in [-0.4, -0.2) is 7.05 Å². The normalized spacial score (nSPS) is 9.80. The number of hydrogen-bond acceptors (Lipinski definition) is 0. The van der Waals surface area contributed by atoms with E-state index in [4.69, 9.17) is 11.6 Å². The molecule has 0 spiro atoms. The zero-order valence-electron chi connectivity index (χ0n) is 5.84. The molecule has 1 aromatic carbocycles. The summed E-state index contributed by atoms with van der Waals surface area (Å²) < 4.78 is 0. The summed E-state index contributed by atoms with van der Waals surface area (Å²) in [4.78, 5) is 0. The number of benzene rings is 1. The molecule has 2 heteroatoms. The molecular formula is C8H9ClN. The van der Waals surface area contributed by atoms with Gasteiger partial charge < -0.3 is 0 Å². The van der Waals surface area contributed by atoms with E-state index in [9.17, 15) is 0 Å². The molecule has 0 unspecified atom stereocenters. The molecule has 1 nitrogen and oxygen atoms in total. The molecule has 0 amide bonds. The molecule has 0 heterocycles. The molecule has 0 bridgehead atoms. The Bertz CT molecular complexity index is 210. The third kappa shape index (κ3) is 1.72. The van der Waals surface area contributed by atoms with Crippen LogP contribution < -0.4 is 5.32 Å². The van der Waals surface area contributed by atoms with Crippen molar-refractivity contribution >= 4 is 11.6 Å². The van der Waals surface area contributed by atoms with Crippen molar-refractivity contribution < 1.29 is 0 Å². The predicted molar refractivity (Wildman–Crippen MR) is 43.2 cm³/mol. The maximum absolute atomic E-state index is 5.84. The summed E-state index contributed by atoms with van der Waals surface area (Å²) in [7, 11) is 1.78. The van der Waals surface area contributed by atoms with Crippen molar-refractivity contribution in [2.75, 3.05) is 7.05 Å². The van der Waals surface area contributed by atoms with Gasteiger partial charge in [0.15, 0.2) is 0 Å². The third-order valence-corrected chi connectivity index (χ3v) is 1.66. The molecule has 53 valence electrons. The van der Waals surface area contributed by atoms with Crippen molar-refractivity contribution in [2.45, 2.75) is 6.54 Å². The smallest absolute Gasteiger partial charge is 0.0451 e. The SMILES string of the molecule is C[N]Cc1ccccc1Cl. The van der Waals surface area contributed by atoms with Gasteiger partial charge in [-0.3, -0.25) is 0 Å². The van der Waals surface area contributed by atoms with Crippen LogP contribution in [0.15, 0.2) is 24.3 Å². The van der Waals surface area contributed by atoms with Crippen molar-refractivity contribution in [2.24, 2.45) is 0 Å². The van der Waals surface area contributed by atoms with E-state index in [1.165, 1.54) is 0 Å². The lowest BCUT2D eigenvalue weighted by molar-refractivity contribution is 0.800. The molecule has 0 aliphatic heterocycles. The average Bonchev–Trinajstić information content (AvgIpc) is 1.94. The van der Waals surface area contributed by atoms with E-state index in [-0.39, 0.29) is 0 Å². The topological polar surface area (TPSA) is 14.1 Å². The van der Waals surface area contributed by atoms with Gasteiger partial charge in [0.1, 0.15) is 0 Å². The first-order chi connectivity index (χ1) is 4.84. The quantitative estimate of drug-likeness (QED) is 0.620. The Kier molecular flexibility index (Phi) is 2.72. The highest BCUT2D eigenvalue weighted by Gasteiger charge is 1.94. The molecule has 10 heavy (non-hydrogen) atoms. The molecule has 1 radical (unpaired) electrons. The first kappa shape index (κ1) is 7.58. The molecule has 0 saturated carbocycles. The number of rotatable bonds is 2. The largest absolute Gasteiger partial charge is 0.240 e. The zero-order valence-corrected chi connectivity index (χ0v) is 6.60. The Labute approximate surface area is 66.0 Å². The van der Waals surface area contributed by atoms with E-state index >= 15 is 0 Å². The summed E-state index contributed by atoms with van der Waals surface area (Å²) in [5.74, 6) is 0. The van der Waals surface area contributed by atoms with Gasteiger partial charge in [-0.05, 0) is 11.6 Å². The Morgan fingerprint density at radius 1 is 1.40 bits per heavy atom. The van der Waals surface area contributed by atoms with Crippen LogP contribution in [0.4, 0.5) is 0 Å². The second-order valence-electron chi connectivity index (χ2n) is 2.07. The minimum Gasteiger partial charge on any atom is -0.240 e. The van der Waals surface area contributed by atoms with Crippen molar-refractivity contribution in [3.05, 3.63) is 34.9 Å². The Hall–Kier alpha value is -0.530. The van der Waals surface area contributed by atoms with Gasteiger partial charge in [-0.1, -0.05) is 29.8 Å². The van der Waals surface area contributed by atoms with Gasteiger partial charge in [-0.25, -0.2) is 5.32 Å². The summed E-state index contributed by atoms with van der Waals surface area (Å²) in [5, 5.41) is 4.78. The van der Waals surface area contributed by atoms with Crippen LogP contribution in [0.3, 0.4) is 0 Å². The molecule has 1 aromatic rings. The highest BCUT2D eigenvalue weighted by molar-refractivity contribution is 6.31. The molecule has 1 rings (SSSR count). The van der Waals surface area contributed by atoms with Crippen LogP contribution in [0.2, 0.25) is 5.02 Å². The summed E-state index contributed by atoms with van der Waals surface area (Å²) in [6, 6.07) is 7.74. The molecule has 0 aliphatic rings. The zero-order chi connectivity index (χ0) is 7.40. The molecule has 0 atom stereocenters. The van der Waals surface area contributed by atoms with Crippen LogP contribution in [0.25, 0.3) is 0 Å². The van der Waals surface area contributed by atoms with E-state index < -0.39 is 0 Å². The number of hydrogen-bond donors (Lipinski definition) is 0. The van der Waals surface area contributed by atoms with Crippen molar-refractivity contribution in [3.8, 4) is 0 Å². The maximum Gasteiger partial charge on any atom is 0.0451 e. The van der Waals surface area contributed by atoms with Gasteiger partial charge >= 0.3 is 0 Å². The molecule has 0 N–H and O–H groups in total. The monoisotopic (exact) mass is 154 g/mol. The first-order valence-electron chi connectivity index (χ1n) is 3.13. The standard InChI is InChI=1S/C8H9ClN/c1-10-6-7-4-2-3-5-8(7)9/h2-5H,6H2,1H3. The average molecular weight is 155 g/mol. The van der Waals surface area contributed by atoms with Crippen LogP contribution >= 0.6 is 11.6 Å². The molecular weight excluding hydrogens is 146 g/mol. The summed E-state index contributed by atoms with van der Waals surface area (Å²) >= 11 is 5.84. The van der Waals surface area contributed by atoms with Gasteiger partial charge in [-0.15, -0.1) is 0 Å². The van der Waals surface area contributed by atoms with E-state index in [0.29, 0.717) is 6.54 Å². The van der Waals surface area contributed by atoms with Gasteiger partial charge in [0.25, 0.3) is 0 Å². The summed E-state index contributed by atoms with van der Waals surface area (Å²) in [6.45, 7) is 0.708. The fraction of sp³-hybridized carbons (Fsp3) is 0.250. The fourth-order valence-electron chi connectivity index (χ4n) is 0.797. The first-order valence-corrected chi connectivity index (χ1v) is 3.51. The molecule has 0 fully saturated rings. The fourth-order valence-corrected chi connectivity index (χ4v) is 0.992. The van der Waals surface area contributed by atoms with E-state index in [1.54, 1.807) is 7.05 Å². The highest BCUT2D eigenvalue weighted by Crippen LogP contribution is 2.13. The van der Waals surface area contributed by atoms with Gasteiger partial charge in [-0.2, -0.15) is 0 Å².